The Bertz CT molecular complexity index is 280. The van der Waals surface area contributed by atoms with Gasteiger partial charge in [-0.25, -0.2) is 0 Å². The predicted molar refractivity (Wildman–Crippen MR) is 56.9 cm³/mol. The number of aliphatic hydroxyl groups is 1. The van der Waals surface area contributed by atoms with Crippen LogP contribution in [0.25, 0.3) is 0 Å². The molecule has 0 amide bonds. The van der Waals surface area contributed by atoms with Gasteiger partial charge in [0.2, 0.25) is 0 Å². The van der Waals surface area contributed by atoms with E-state index in [4.69, 9.17) is 9.84 Å². The van der Waals surface area contributed by atoms with Gasteiger partial charge in [0.15, 0.2) is 0 Å². The van der Waals surface area contributed by atoms with Crippen molar-refractivity contribution in [3.63, 3.8) is 0 Å². The average molecular weight is 192 g/mol. The molecule has 1 N–H and O–H groups in total. The second kappa shape index (κ2) is 5.58. The Labute approximate surface area is 84.8 Å². The largest absolute Gasteiger partial charge is 0.393 e. The third-order valence-corrected chi connectivity index (χ3v) is 2.01. The van der Waals surface area contributed by atoms with Gasteiger partial charge in [-0.3, -0.25) is 0 Å². The van der Waals surface area contributed by atoms with E-state index in [1.165, 1.54) is 0 Å². The Kier molecular flexibility index (Phi) is 4.36. The van der Waals surface area contributed by atoms with E-state index in [0.717, 1.165) is 11.1 Å². The second-order valence-corrected chi connectivity index (χ2v) is 3.31. The van der Waals surface area contributed by atoms with Crippen molar-refractivity contribution >= 4 is 0 Å². The van der Waals surface area contributed by atoms with Crippen LogP contribution in [0, 0.1) is 0 Å². The molecule has 1 aromatic rings. The Morgan fingerprint density at radius 2 is 2.07 bits per heavy atom. The topological polar surface area (TPSA) is 29.5 Å². The van der Waals surface area contributed by atoms with Gasteiger partial charge in [-0.15, -0.1) is 0 Å². The molecule has 0 radical (unpaired) electrons. The van der Waals surface area contributed by atoms with Crippen LogP contribution in [0.4, 0.5) is 0 Å². The van der Waals surface area contributed by atoms with Crippen molar-refractivity contribution in [1.82, 2.24) is 0 Å². The van der Waals surface area contributed by atoms with E-state index in [1.807, 2.05) is 37.3 Å². The van der Waals surface area contributed by atoms with Crippen molar-refractivity contribution < 1.29 is 9.84 Å². The first-order chi connectivity index (χ1) is 6.74. The zero-order chi connectivity index (χ0) is 10.4. The van der Waals surface area contributed by atoms with E-state index in [1.54, 1.807) is 0 Å². The van der Waals surface area contributed by atoms with Gasteiger partial charge in [0.1, 0.15) is 6.10 Å². The van der Waals surface area contributed by atoms with Gasteiger partial charge in [-0.1, -0.05) is 36.9 Å². The van der Waals surface area contributed by atoms with E-state index >= 15 is 0 Å². The van der Waals surface area contributed by atoms with Crippen LogP contribution in [0.2, 0.25) is 0 Å². The monoisotopic (exact) mass is 192 g/mol. The molecular weight excluding hydrogens is 176 g/mol. The van der Waals surface area contributed by atoms with E-state index in [2.05, 4.69) is 6.58 Å². The van der Waals surface area contributed by atoms with E-state index in [9.17, 15) is 0 Å². The van der Waals surface area contributed by atoms with Crippen molar-refractivity contribution in [1.29, 1.82) is 0 Å². The Morgan fingerprint density at radius 3 is 2.57 bits per heavy atom. The lowest BCUT2D eigenvalue weighted by Gasteiger charge is -2.15. The molecule has 0 aromatic heterocycles. The molecule has 14 heavy (non-hydrogen) atoms. The highest BCUT2D eigenvalue weighted by Gasteiger charge is 2.07. The summed E-state index contributed by atoms with van der Waals surface area (Å²) in [6, 6.07) is 9.88. The molecular formula is C12H16O2. The third kappa shape index (κ3) is 3.32. The quantitative estimate of drug-likeness (QED) is 0.724. The number of hydrogen-bond acceptors (Lipinski definition) is 2. The third-order valence-electron chi connectivity index (χ3n) is 2.01. The van der Waals surface area contributed by atoms with Crippen LogP contribution in [-0.2, 0) is 11.3 Å². The summed E-state index contributed by atoms with van der Waals surface area (Å²) < 4.78 is 5.49. The molecule has 2 nitrogen and oxygen atoms in total. The van der Waals surface area contributed by atoms with Gasteiger partial charge in [-0.2, -0.15) is 0 Å². The van der Waals surface area contributed by atoms with Crippen LogP contribution in [-0.4, -0.2) is 17.8 Å². The zero-order valence-electron chi connectivity index (χ0n) is 8.44. The predicted octanol–water partition coefficient (Wildman–Crippen LogP) is 2.14. The fraction of sp³-hybridized carbons (Fsp3) is 0.333. The van der Waals surface area contributed by atoms with Crippen molar-refractivity contribution in [2.24, 2.45) is 0 Å². The van der Waals surface area contributed by atoms with Gasteiger partial charge < -0.3 is 9.84 Å². The number of benzene rings is 1. The smallest absolute Gasteiger partial charge is 0.101 e. The van der Waals surface area contributed by atoms with Crippen LogP contribution in [0.5, 0.6) is 0 Å². The van der Waals surface area contributed by atoms with Gasteiger partial charge in [0.25, 0.3) is 0 Å². The molecule has 1 rings (SSSR count). The Hall–Kier alpha value is -1.12. The number of rotatable bonds is 5. The number of hydrogen-bond donors (Lipinski definition) is 1. The molecule has 0 spiro atoms. The van der Waals surface area contributed by atoms with Crippen molar-refractivity contribution in [3.8, 4) is 0 Å². The lowest BCUT2D eigenvalue weighted by Crippen LogP contribution is -2.18. The highest BCUT2D eigenvalue weighted by atomic mass is 16.5. The van der Waals surface area contributed by atoms with E-state index < -0.39 is 0 Å². The molecule has 2 heteroatoms. The van der Waals surface area contributed by atoms with E-state index in [0.29, 0.717) is 6.61 Å². The van der Waals surface area contributed by atoms with Crippen LogP contribution < -0.4 is 0 Å². The summed E-state index contributed by atoms with van der Waals surface area (Å²) in [5.41, 5.74) is 1.95. The lowest BCUT2D eigenvalue weighted by atomic mass is 10.2. The summed E-state index contributed by atoms with van der Waals surface area (Å²) in [4.78, 5) is 0. The molecule has 1 unspecified atom stereocenters. The highest BCUT2D eigenvalue weighted by Crippen LogP contribution is 2.07. The summed E-state index contributed by atoms with van der Waals surface area (Å²) in [7, 11) is 0. The zero-order valence-corrected chi connectivity index (χ0v) is 8.44. The first-order valence-electron chi connectivity index (χ1n) is 4.66. The molecule has 0 aliphatic heterocycles. The number of ether oxygens (including phenoxy) is 1. The molecule has 0 aliphatic carbocycles. The lowest BCUT2D eigenvalue weighted by molar-refractivity contribution is 0.0254. The number of aliphatic hydroxyl groups excluding tert-OH is 1. The fourth-order valence-corrected chi connectivity index (χ4v) is 1.12. The average Bonchev–Trinajstić information content (AvgIpc) is 2.20. The SMILES string of the molecule is C=C(C)C(CO)OCc1ccccc1. The first-order valence-corrected chi connectivity index (χ1v) is 4.66. The maximum atomic E-state index is 8.99. The molecule has 1 atom stereocenters. The minimum Gasteiger partial charge on any atom is -0.393 e. The maximum Gasteiger partial charge on any atom is 0.101 e. The maximum absolute atomic E-state index is 8.99. The normalized spacial score (nSPS) is 12.4. The van der Waals surface area contributed by atoms with Crippen LogP contribution >= 0.6 is 0 Å². The highest BCUT2D eigenvalue weighted by molar-refractivity contribution is 5.13. The van der Waals surface area contributed by atoms with E-state index in [-0.39, 0.29) is 12.7 Å². The van der Waals surface area contributed by atoms with Crippen LogP contribution in [0.3, 0.4) is 0 Å². The molecule has 0 heterocycles. The Morgan fingerprint density at radius 1 is 1.43 bits per heavy atom. The van der Waals surface area contributed by atoms with Crippen molar-refractivity contribution in [2.45, 2.75) is 19.6 Å². The van der Waals surface area contributed by atoms with Gasteiger partial charge >= 0.3 is 0 Å². The summed E-state index contributed by atoms with van der Waals surface area (Å²) in [5.74, 6) is 0. The van der Waals surface area contributed by atoms with Crippen molar-refractivity contribution in [2.75, 3.05) is 6.61 Å². The first kappa shape index (κ1) is 11.0. The van der Waals surface area contributed by atoms with Crippen LogP contribution in [0.15, 0.2) is 42.5 Å². The molecule has 76 valence electrons. The summed E-state index contributed by atoms with van der Waals surface area (Å²) >= 11 is 0. The Balaban J connectivity index is 2.44. The summed E-state index contributed by atoms with van der Waals surface area (Å²) in [5, 5.41) is 8.99. The minimum atomic E-state index is -0.254. The minimum absolute atomic E-state index is 0.0117. The molecule has 0 saturated heterocycles. The summed E-state index contributed by atoms with van der Waals surface area (Å²) in [6.45, 7) is 6.11. The molecule has 0 fully saturated rings. The van der Waals surface area contributed by atoms with Crippen LogP contribution in [0.1, 0.15) is 12.5 Å². The second-order valence-electron chi connectivity index (χ2n) is 3.31. The fourth-order valence-electron chi connectivity index (χ4n) is 1.12. The van der Waals surface area contributed by atoms with Crippen molar-refractivity contribution in [3.05, 3.63) is 48.0 Å². The van der Waals surface area contributed by atoms with Gasteiger partial charge in [0.05, 0.1) is 13.2 Å². The van der Waals surface area contributed by atoms with Gasteiger partial charge in [-0.05, 0) is 18.1 Å². The standard InChI is InChI=1S/C12H16O2/c1-10(2)12(8-13)14-9-11-6-4-3-5-7-11/h3-7,12-13H,1,8-9H2,2H3. The summed E-state index contributed by atoms with van der Waals surface area (Å²) in [6.07, 6.45) is -0.254. The molecule has 1 aromatic carbocycles. The van der Waals surface area contributed by atoms with Gasteiger partial charge in [0, 0.05) is 0 Å². The molecule has 0 saturated carbocycles. The molecule has 0 aliphatic rings. The molecule has 0 bridgehead atoms.